The second-order valence-electron chi connectivity index (χ2n) is 8.52. The van der Waals surface area contributed by atoms with E-state index in [1.807, 2.05) is 6.07 Å². The number of ether oxygens (including phenoxy) is 1. The van der Waals surface area contributed by atoms with Gasteiger partial charge in [-0.25, -0.2) is 8.78 Å². The zero-order chi connectivity index (χ0) is 23.3. The fourth-order valence-electron chi connectivity index (χ4n) is 5.26. The molecule has 0 radical (unpaired) electrons. The summed E-state index contributed by atoms with van der Waals surface area (Å²) in [6, 6.07) is 10.5. The molecule has 2 aliphatic heterocycles. The SMILES string of the molecule is COc1cccc([C@@H](c2cccc(F)c2F)[C@H]2[C@H]3CCCN3C(=O)c3c(C)c(=O)cnn32)c1. The van der Waals surface area contributed by atoms with Crippen molar-refractivity contribution in [3.8, 4) is 5.75 Å². The van der Waals surface area contributed by atoms with Crippen LogP contribution in [0.3, 0.4) is 0 Å². The summed E-state index contributed by atoms with van der Waals surface area (Å²) in [4.78, 5) is 27.4. The maximum absolute atomic E-state index is 15.2. The average molecular weight is 451 g/mol. The zero-order valence-electron chi connectivity index (χ0n) is 18.3. The number of nitrogens with zero attached hydrogens (tertiary/aromatic N) is 3. The van der Waals surface area contributed by atoms with Crippen molar-refractivity contribution in [3.63, 3.8) is 0 Å². The molecule has 2 aliphatic rings. The van der Waals surface area contributed by atoms with Crippen LogP contribution in [0.2, 0.25) is 0 Å². The molecule has 1 aromatic heterocycles. The van der Waals surface area contributed by atoms with Gasteiger partial charge in [0.2, 0.25) is 5.43 Å². The maximum atomic E-state index is 15.2. The first kappa shape index (κ1) is 21.3. The lowest BCUT2D eigenvalue weighted by atomic mass is 9.79. The highest BCUT2D eigenvalue weighted by Crippen LogP contribution is 2.46. The third-order valence-corrected chi connectivity index (χ3v) is 6.80. The van der Waals surface area contributed by atoms with Crippen molar-refractivity contribution in [2.45, 2.75) is 37.8 Å². The molecule has 3 aromatic rings. The third kappa shape index (κ3) is 3.32. The normalized spacial score (nSPS) is 20.4. The summed E-state index contributed by atoms with van der Waals surface area (Å²) in [7, 11) is 1.54. The number of halogens is 2. The predicted octanol–water partition coefficient (Wildman–Crippen LogP) is 3.83. The number of rotatable bonds is 4. The Labute approximate surface area is 189 Å². The van der Waals surface area contributed by atoms with Crippen LogP contribution >= 0.6 is 0 Å². The molecule has 1 amide bonds. The van der Waals surface area contributed by atoms with Gasteiger partial charge in [-0.1, -0.05) is 24.3 Å². The van der Waals surface area contributed by atoms with Crippen LogP contribution in [0, 0.1) is 18.6 Å². The quantitative estimate of drug-likeness (QED) is 0.605. The molecule has 2 aromatic carbocycles. The van der Waals surface area contributed by atoms with E-state index in [1.165, 1.54) is 12.3 Å². The molecule has 3 atom stereocenters. The molecule has 8 heteroatoms. The minimum atomic E-state index is -0.945. The standard InChI is InChI=1S/C25H23F2N3O3/c1-14-20(31)13-28-30-23(14)25(32)29-11-5-10-19(29)24(30)21(15-6-3-7-16(12-15)33-2)17-8-4-9-18(26)22(17)27/h3-4,6-9,12-13,19,21,24H,5,10-11H2,1-2H3/t19-,21+,24-/m1/s1. The molecule has 6 nitrogen and oxygen atoms in total. The van der Waals surface area contributed by atoms with Gasteiger partial charge in [-0.15, -0.1) is 0 Å². The highest BCUT2D eigenvalue weighted by molar-refractivity contribution is 5.95. The average Bonchev–Trinajstić information content (AvgIpc) is 3.31. The third-order valence-electron chi connectivity index (χ3n) is 6.80. The number of hydrogen-bond acceptors (Lipinski definition) is 4. The van der Waals surface area contributed by atoms with Crippen LogP contribution in [0.4, 0.5) is 8.78 Å². The first-order valence-corrected chi connectivity index (χ1v) is 10.9. The van der Waals surface area contributed by atoms with Gasteiger partial charge in [0.15, 0.2) is 11.6 Å². The Morgan fingerprint density at radius 1 is 1.15 bits per heavy atom. The summed E-state index contributed by atoms with van der Waals surface area (Å²) < 4.78 is 36.6. The number of carbonyl (C=O) groups is 1. The Kier molecular flexibility index (Phi) is 5.23. The molecule has 0 N–H and O–H groups in total. The Balaban J connectivity index is 1.81. The molecule has 0 spiro atoms. The molecule has 1 fully saturated rings. The lowest BCUT2D eigenvalue weighted by Crippen LogP contribution is -2.51. The Bertz CT molecular complexity index is 1310. The van der Waals surface area contributed by atoms with Crippen LogP contribution in [0.15, 0.2) is 53.5 Å². The highest BCUT2D eigenvalue weighted by Gasteiger charge is 2.48. The summed E-state index contributed by atoms with van der Waals surface area (Å²) >= 11 is 0. The van der Waals surface area contributed by atoms with Gasteiger partial charge in [-0.2, -0.15) is 5.10 Å². The summed E-state index contributed by atoms with van der Waals surface area (Å²) in [5.74, 6) is -2.23. The van der Waals surface area contributed by atoms with Crippen LogP contribution in [0.25, 0.3) is 0 Å². The van der Waals surface area contributed by atoms with Crippen molar-refractivity contribution in [2.24, 2.45) is 0 Å². The van der Waals surface area contributed by atoms with Crippen molar-refractivity contribution < 1.29 is 18.3 Å². The van der Waals surface area contributed by atoms with Crippen LogP contribution in [0.5, 0.6) is 5.75 Å². The smallest absolute Gasteiger partial charge is 0.272 e. The van der Waals surface area contributed by atoms with Crippen LogP contribution < -0.4 is 10.2 Å². The summed E-state index contributed by atoms with van der Waals surface area (Å²) in [6.07, 6.45) is 2.66. The minimum absolute atomic E-state index is 0.165. The fraction of sp³-hybridized carbons (Fsp3) is 0.320. The number of methoxy groups -OCH3 is 1. The highest BCUT2D eigenvalue weighted by atomic mass is 19.2. The van der Waals surface area contributed by atoms with Crippen LogP contribution in [-0.2, 0) is 0 Å². The van der Waals surface area contributed by atoms with Gasteiger partial charge >= 0.3 is 0 Å². The Hall–Kier alpha value is -3.55. The first-order chi connectivity index (χ1) is 15.9. The van der Waals surface area contributed by atoms with E-state index in [0.29, 0.717) is 29.8 Å². The molecule has 33 heavy (non-hydrogen) atoms. The largest absolute Gasteiger partial charge is 0.497 e. The van der Waals surface area contributed by atoms with Gasteiger partial charge in [-0.3, -0.25) is 14.3 Å². The van der Waals surface area contributed by atoms with E-state index in [4.69, 9.17) is 4.74 Å². The summed E-state index contributed by atoms with van der Waals surface area (Å²) in [5, 5.41) is 4.35. The number of benzene rings is 2. The number of aromatic nitrogens is 2. The Morgan fingerprint density at radius 3 is 2.73 bits per heavy atom. The lowest BCUT2D eigenvalue weighted by Gasteiger charge is -2.43. The molecule has 170 valence electrons. The molecule has 0 aliphatic carbocycles. The lowest BCUT2D eigenvalue weighted by molar-refractivity contribution is 0.0569. The molecule has 0 bridgehead atoms. The van der Waals surface area contributed by atoms with Crippen LogP contribution in [-0.4, -0.2) is 40.3 Å². The van der Waals surface area contributed by atoms with Crippen molar-refractivity contribution in [2.75, 3.05) is 13.7 Å². The summed E-state index contributed by atoms with van der Waals surface area (Å²) in [5.41, 5.74) is 1.04. The van der Waals surface area contributed by atoms with E-state index in [9.17, 15) is 14.0 Å². The van der Waals surface area contributed by atoms with Gasteiger partial charge < -0.3 is 9.64 Å². The second kappa shape index (κ2) is 8.10. The predicted molar refractivity (Wildman–Crippen MR) is 118 cm³/mol. The zero-order valence-corrected chi connectivity index (χ0v) is 18.3. The van der Waals surface area contributed by atoms with Gasteiger partial charge in [0.1, 0.15) is 11.4 Å². The molecule has 5 rings (SSSR count). The van der Waals surface area contributed by atoms with E-state index in [1.54, 1.807) is 47.9 Å². The fourth-order valence-corrected chi connectivity index (χ4v) is 5.26. The van der Waals surface area contributed by atoms with Gasteiger partial charge in [0, 0.05) is 23.6 Å². The molecule has 0 saturated carbocycles. The number of carbonyl (C=O) groups excluding carboxylic acids is 1. The molecule has 3 heterocycles. The number of hydrogen-bond donors (Lipinski definition) is 0. The molecular formula is C25H23F2N3O3. The summed E-state index contributed by atoms with van der Waals surface area (Å²) in [6.45, 7) is 2.14. The molecule has 1 saturated heterocycles. The van der Waals surface area contributed by atoms with E-state index >= 15 is 4.39 Å². The van der Waals surface area contributed by atoms with E-state index in [-0.39, 0.29) is 28.6 Å². The second-order valence-corrected chi connectivity index (χ2v) is 8.52. The maximum Gasteiger partial charge on any atom is 0.272 e. The van der Waals surface area contributed by atoms with E-state index < -0.39 is 23.6 Å². The van der Waals surface area contributed by atoms with Crippen molar-refractivity contribution >= 4 is 5.91 Å². The van der Waals surface area contributed by atoms with Crippen molar-refractivity contribution in [1.29, 1.82) is 0 Å². The monoisotopic (exact) mass is 451 g/mol. The topological polar surface area (TPSA) is 64.4 Å². The van der Waals surface area contributed by atoms with Gasteiger partial charge in [0.05, 0.1) is 25.4 Å². The van der Waals surface area contributed by atoms with Gasteiger partial charge in [0.25, 0.3) is 5.91 Å². The first-order valence-electron chi connectivity index (χ1n) is 10.9. The molecular weight excluding hydrogens is 428 g/mol. The number of fused-ring (bicyclic) bond motifs is 2. The van der Waals surface area contributed by atoms with Crippen LogP contribution in [0.1, 0.15) is 52.0 Å². The minimum Gasteiger partial charge on any atom is -0.497 e. The van der Waals surface area contributed by atoms with Crippen molar-refractivity contribution in [1.82, 2.24) is 14.7 Å². The van der Waals surface area contributed by atoms with E-state index in [2.05, 4.69) is 5.10 Å². The molecule has 0 unspecified atom stereocenters. The van der Waals surface area contributed by atoms with E-state index in [0.717, 1.165) is 12.5 Å². The van der Waals surface area contributed by atoms with Gasteiger partial charge in [-0.05, 0) is 43.5 Å². The van der Waals surface area contributed by atoms with Crippen molar-refractivity contribution in [3.05, 3.63) is 92.9 Å². The number of amides is 1. The Morgan fingerprint density at radius 2 is 1.94 bits per heavy atom.